The number of hydrogen-bond acceptors (Lipinski definition) is 2. The van der Waals surface area contributed by atoms with Crippen LogP contribution in [-0.4, -0.2) is 17.7 Å². The van der Waals surface area contributed by atoms with E-state index in [0.29, 0.717) is 6.61 Å². The van der Waals surface area contributed by atoms with Crippen molar-refractivity contribution in [2.24, 2.45) is 5.92 Å². The molecule has 0 bridgehead atoms. The summed E-state index contributed by atoms with van der Waals surface area (Å²) < 4.78 is 32.3. The summed E-state index contributed by atoms with van der Waals surface area (Å²) in [6, 6.07) is 2.19. The average molecular weight is 326 g/mol. The first-order valence-electron chi connectivity index (χ1n) is 8.43. The number of rotatable bonds is 11. The summed E-state index contributed by atoms with van der Waals surface area (Å²) in [5.74, 6) is -3.31. The van der Waals surface area contributed by atoms with E-state index in [-0.39, 0.29) is 5.75 Å². The van der Waals surface area contributed by atoms with Crippen LogP contribution in [0.15, 0.2) is 12.1 Å². The van der Waals surface area contributed by atoms with Gasteiger partial charge in [0.05, 0.1) is 12.2 Å². The molecule has 0 saturated heterocycles. The number of hydrogen-bond donors (Lipinski definition) is 1. The molecule has 1 aliphatic carbocycles. The van der Waals surface area contributed by atoms with Crippen LogP contribution < -0.4 is 4.74 Å². The largest absolute Gasteiger partial charge is 0.490 e. The van der Waals surface area contributed by atoms with Crippen molar-refractivity contribution in [3.8, 4) is 5.75 Å². The monoisotopic (exact) mass is 326 g/mol. The maximum Gasteiger partial charge on any atom is 0.338 e. The van der Waals surface area contributed by atoms with E-state index >= 15 is 0 Å². The molecule has 0 aliphatic heterocycles. The van der Waals surface area contributed by atoms with Gasteiger partial charge >= 0.3 is 5.97 Å². The zero-order chi connectivity index (χ0) is 16.7. The molecule has 0 aromatic heterocycles. The third-order valence-corrected chi connectivity index (χ3v) is 4.24. The number of halogens is 2. The first kappa shape index (κ1) is 17.7. The lowest BCUT2D eigenvalue weighted by Crippen LogP contribution is -2.06. The fraction of sp³-hybridized carbons (Fsp3) is 0.611. The van der Waals surface area contributed by atoms with Crippen LogP contribution in [0.3, 0.4) is 0 Å². The smallest absolute Gasteiger partial charge is 0.338 e. The van der Waals surface area contributed by atoms with Gasteiger partial charge in [0, 0.05) is 0 Å². The van der Waals surface area contributed by atoms with Crippen molar-refractivity contribution in [3.63, 3.8) is 0 Å². The van der Waals surface area contributed by atoms with Gasteiger partial charge in [-0.15, -0.1) is 0 Å². The Balaban J connectivity index is 1.58. The first-order chi connectivity index (χ1) is 11.1. The maximum atomic E-state index is 13.6. The van der Waals surface area contributed by atoms with E-state index in [0.717, 1.165) is 31.2 Å². The van der Waals surface area contributed by atoms with Gasteiger partial charge in [-0.2, -0.15) is 4.39 Å². The van der Waals surface area contributed by atoms with Crippen molar-refractivity contribution < 1.29 is 23.4 Å². The molecule has 0 heterocycles. The van der Waals surface area contributed by atoms with Gasteiger partial charge in [-0.25, -0.2) is 9.18 Å². The molecule has 1 aromatic rings. The van der Waals surface area contributed by atoms with Gasteiger partial charge < -0.3 is 9.84 Å². The highest BCUT2D eigenvalue weighted by Gasteiger charge is 2.20. The fourth-order valence-electron chi connectivity index (χ4n) is 2.64. The van der Waals surface area contributed by atoms with E-state index in [2.05, 4.69) is 0 Å². The summed E-state index contributed by atoms with van der Waals surface area (Å²) in [5, 5.41) is 8.70. The normalized spacial score (nSPS) is 14.0. The predicted octanol–water partition coefficient (Wildman–Crippen LogP) is 5.18. The quantitative estimate of drug-likeness (QED) is 0.570. The van der Waals surface area contributed by atoms with Gasteiger partial charge in [0.25, 0.3) is 0 Å². The minimum absolute atomic E-state index is 0.225. The van der Waals surface area contributed by atoms with E-state index in [1.54, 1.807) is 0 Å². The van der Waals surface area contributed by atoms with Crippen LogP contribution in [0, 0.1) is 17.6 Å². The van der Waals surface area contributed by atoms with Crippen LogP contribution in [0.25, 0.3) is 0 Å². The molecule has 1 N–H and O–H groups in total. The molecular weight excluding hydrogens is 302 g/mol. The van der Waals surface area contributed by atoms with Crippen molar-refractivity contribution in [2.75, 3.05) is 6.61 Å². The van der Waals surface area contributed by atoms with E-state index < -0.39 is 23.2 Å². The van der Waals surface area contributed by atoms with Gasteiger partial charge in [-0.1, -0.05) is 51.4 Å². The average Bonchev–Trinajstić information content (AvgIpc) is 3.33. The topological polar surface area (TPSA) is 46.5 Å². The molecule has 1 aromatic carbocycles. The number of carboxylic acids is 1. The number of carbonyl (C=O) groups is 1. The summed E-state index contributed by atoms with van der Waals surface area (Å²) in [5.41, 5.74) is -0.680. The zero-order valence-electron chi connectivity index (χ0n) is 13.3. The lowest BCUT2D eigenvalue weighted by atomic mass is 10.1. The second-order valence-electron chi connectivity index (χ2n) is 6.25. The third kappa shape index (κ3) is 5.81. The predicted molar refractivity (Wildman–Crippen MR) is 83.9 cm³/mol. The number of benzene rings is 1. The number of carboxylic acid groups (broad SMARTS) is 1. The molecule has 0 atom stereocenters. The van der Waals surface area contributed by atoms with Crippen molar-refractivity contribution in [1.29, 1.82) is 0 Å². The molecule has 0 radical (unpaired) electrons. The number of unbranched alkanes of at least 4 members (excludes halogenated alkanes) is 5. The summed E-state index contributed by atoms with van der Waals surface area (Å²) >= 11 is 0. The molecule has 3 nitrogen and oxygen atoms in total. The van der Waals surface area contributed by atoms with E-state index in [9.17, 15) is 13.6 Å². The number of ether oxygens (including phenoxy) is 1. The molecule has 1 fully saturated rings. The minimum Gasteiger partial charge on any atom is -0.490 e. The third-order valence-electron chi connectivity index (χ3n) is 4.24. The fourth-order valence-corrected chi connectivity index (χ4v) is 2.64. The minimum atomic E-state index is -1.49. The molecule has 2 rings (SSSR count). The molecule has 0 spiro atoms. The van der Waals surface area contributed by atoms with Crippen LogP contribution in [0.2, 0.25) is 0 Å². The van der Waals surface area contributed by atoms with Crippen LogP contribution in [0.5, 0.6) is 5.75 Å². The van der Waals surface area contributed by atoms with Crippen LogP contribution in [-0.2, 0) is 0 Å². The Kier molecular flexibility index (Phi) is 6.81. The molecular formula is C18H24F2O3. The first-order valence-corrected chi connectivity index (χ1v) is 8.43. The van der Waals surface area contributed by atoms with E-state index in [1.165, 1.54) is 44.6 Å². The van der Waals surface area contributed by atoms with Crippen molar-refractivity contribution in [3.05, 3.63) is 29.3 Å². The summed E-state index contributed by atoms with van der Waals surface area (Å²) in [4.78, 5) is 10.7. The van der Waals surface area contributed by atoms with Gasteiger partial charge in [-0.05, 0) is 24.5 Å². The van der Waals surface area contributed by atoms with E-state index in [4.69, 9.17) is 9.84 Å². The summed E-state index contributed by atoms with van der Waals surface area (Å²) in [6.07, 6.45) is 10.9. The number of aromatic carboxylic acids is 1. The maximum absolute atomic E-state index is 13.6. The Morgan fingerprint density at radius 2 is 1.70 bits per heavy atom. The Labute approximate surface area is 135 Å². The lowest BCUT2D eigenvalue weighted by molar-refractivity contribution is 0.0690. The Morgan fingerprint density at radius 1 is 1.04 bits per heavy atom. The second-order valence-corrected chi connectivity index (χ2v) is 6.25. The Bertz CT molecular complexity index is 527. The molecule has 23 heavy (non-hydrogen) atoms. The highest BCUT2D eigenvalue weighted by Crippen LogP contribution is 2.34. The molecule has 5 heteroatoms. The van der Waals surface area contributed by atoms with Crippen molar-refractivity contribution >= 4 is 5.97 Å². The van der Waals surface area contributed by atoms with Gasteiger partial charge in [-0.3, -0.25) is 0 Å². The summed E-state index contributed by atoms with van der Waals surface area (Å²) in [7, 11) is 0. The lowest BCUT2D eigenvalue weighted by Gasteiger charge is -2.09. The summed E-state index contributed by atoms with van der Waals surface area (Å²) in [6.45, 7) is 0.310. The standard InChI is InChI=1S/C18H24F2O3/c19-16-14(18(21)22)10-11-15(17(16)20)23-12-6-4-2-1-3-5-7-13-8-9-13/h10-11,13H,1-9,12H2,(H,21,22). The van der Waals surface area contributed by atoms with Gasteiger partial charge in [0.2, 0.25) is 5.82 Å². The van der Waals surface area contributed by atoms with Crippen LogP contribution in [0.4, 0.5) is 8.78 Å². The molecule has 0 amide bonds. The van der Waals surface area contributed by atoms with Crippen LogP contribution in [0.1, 0.15) is 68.1 Å². The van der Waals surface area contributed by atoms with Crippen molar-refractivity contribution in [1.82, 2.24) is 0 Å². The van der Waals surface area contributed by atoms with Crippen LogP contribution >= 0.6 is 0 Å². The molecule has 0 unspecified atom stereocenters. The zero-order valence-corrected chi connectivity index (χ0v) is 13.3. The second kappa shape index (κ2) is 8.85. The van der Waals surface area contributed by atoms with Gasteiger partial charge in [0.15, 0.2) is 11.6 Å². The van der Waals surface area contributed by atoms with Gasteiger partial charge in [0.1, 0.15) is 0 Å². The highest BCUT2D eigenvalue weighted by molar-refractivity contribution is 5.88. The SMILES string of the molecule is O=C(O)c1ccc(OCCCCCCCCC2CC2)c(F)c1F. The molecule has 1 aliphatic rings. The van der Waals surface area contributed by atoms with Crippen molar-refractivity contribution in [2.45, 2.75) is 57.8 Å². The molecule has 128 valence electrons. The molecule has 1 saturated carbocycles. The Morgan fingerprint density at radius 3 is 2.35 bits per heavy atom. The highest BCUT2D eigenvalue weighted by atomic mass is 19.2. The van der Waals surface area contributed by atoms with E-state index in [1.807, 2.05) is 0 Å². The Hall–Kier alpha value is -1.65.